The fraction of sp³-hybridized carbons (Fsp3) is 0.667. The zero-order chi connectivity index (χ0) is 15.8. The molecule has 0 bridgehead atoms. The first-order valence-corrected chi connectivity index (χ1v) is 8.56. The monoisotopic (exact) mass is 306 g/mol. The van der Waals surface area contributed by atoms with Crippen molar-refractivity contribution >= 4 is 0 Å². The predicted molar refractivity (Wildman–Crippen MR) is 90.3 cm³/mol. The summed E-state index contributed by atoms with van der Waals surface area (Å²) in [5.41, 5.74) is 1.16. The zero-order valence-electron chi connectivity index (χ0n) is 13.9. The van der Waals surface area contributed by atoms with Gasteiger partial charge in [-0.25, -0.2) is 0 Å². The molecule has 1 saturated heterocycles. The van der Waals surface area contributed by atoms with E-state index in [9.17, 15) is 5.11 Å². The highest BCUT2D eigenvalue weighted by Gasteiger charge is 2.26. The summed E-state index contributed by atoms with van der Waals surface area (Å²) in [4.78, 5) is 2.38. The number of nitrogens with zero attached hydrogens (tertiary/aromatic N) is 1. The summed E-state index contributed by atoms with van der Waals surface area (Å²) in [5.74, 6) is 0.921. The predicted octanol–water partition coefficient (Wildman–Crippen LogP) is 2.58. The van der Waals surface area contributed by atoms with Crippen molar-refractivity contribution in [2.75, 3.05) is 32.8 Å². The van der Waals surface area contributed by atoms with Crippen molar-refractivity contribution in [1.82, 2.24) is 10.2 Å². The van der Waals surface area contributed by atoms with E-state index in [0.717, 1.165) is 44.0 Å². The number of rotatable bonds is 8. The molecule has 2 N–H and O–H groups in total. The van der Waals surface area contributed by atoms with Crippen molar-refractivity contribution in [2.24, 2.45) is 0 Å². The lowest BCUT2D eigenvalue weighted by molar-refractivity contribution is 0.0723. The van der Waals surface area contributed by atoms with Crippen molar-refractivity contribution in [3.63, 3.8) is 0 Å². The summed E-state index contributed by atoms with van der Waals surface area (Å²) in [5, 5.41) is 13.2. The highest BCUT2D eigenvalue weighted by molar-refractivity contribution is 5.29. The van der Waals surface area contributed by atoms with Gasteiger partial charge in [0.25, 0.3) is 0 Å². The van der Waals surface area contributed by atoms with Gasteiger partial charge in [-0.05, 0) is 31.0 Å². The van der Waals surface area contributed by atoms with Crippen LogP contribution in [0.2, 0.25) is 0 Å². The quantitative estimate of drug-likeness (QED) is 0.725. The Labute approximate surface area is 134 Å². The summed E-state index contributed by atoms with van der Waals surface area (Å²) in [6, 6.07) is 8.74. The molecule has 2 rings (SSSR count). The van der Waals surface area contributed by atoms with Gasteiger partial charge in [0.2, 0.25) is 0 Å². The summed E-state index contributed by atoms with van der Waals surface area (Å²) in [6.07, 6.45) is 3.53. The van der Waals surface area contributed by atoms with E-state index in [-0.39, 0.29) is 12.6 Å². The molecule has 0 aliphatic carbocycles. The molecular weight excluding hydrogens is 276 g/mol. The van der Waals surface area contributed by atoms with Crippen molar-refractivity contribution < 1.29 is 9.84 Å². The van der Waals surface area contributed by atoms with Gasteiger partial charge in [-0.1, -0.05) is 31.9 Å². The molecule has 0 radical (unpaired) electrons. The van der Waals surface area contributed by atoms with Gasteiger partial charge in [0, 0.05) is 25.7 Å². The number of benzene rings is 1. The van der Waals surface area contributed by atoms with E-state index in [1.807, 2.05) is 12.1 Å². The number of hydrogen-bond donors (Lipinski definition) is 2. The minimum Gasteiger partial charge on any atom is -0.494 e. The van der Waals surface area contributed by atoms with Gasteiger partial charge in [0.1, 0.15) is 5.75 Å². The molecule has 4 nitrogen and oxygen atoms in total. The van der Waals surface area contributed by atoms with Crippen LogP contribution in [0.15, 0.2) is 24.3 Å². The van der Waals surface area contributed by atoms with Crippen LogP contribution < -0.4 is 10.1 Å². The van der Waals surface area contributed by atoms with Gasteiger partial charge < -0.3 is 15.2 Å². The van der Waals surface area contributed by atoms with E-state index in [2.05, 4.69) is 36.2 Å². The lowest BCUT2D eigenvalue weighted by Gasteiger charge is -2.39. The first-order valence-electron chi connectivity index (χ1n) is 8.56. The zero-order valence-corrected chi connectivity index (χ0v) is 13.9. The van der Waals surface area contributed by atoms with Gasteiger partial charge in [0.05, 0.1) is 19.3 Å². The van der Waals surface area contributed by atoms with Crippen molar-refractivity contribution in [3.8, 4) is 5.75 Å². The third-order valence-electron chi connectivity index (χ3n) is 4.41. The van der Waals surface area contributed by atoms with Crippen molar-refractivity contribution in [3.05, 3.63) is 29.8 Å². The van der Waals surface area contributed by atoms with Gasteiger partial charge in [-0.15, -0.1) is 0 Å². The van der Waals surface area contributed by atoms with Crippen molar-refractivity contribution in [2.45, 2.75) is 45.2 Å². The number of piperazine rings is 1. The molecule has 124 valence electrons. The molecule has 1 aliphatic rings. The Kier molecular flexibility index (Phi) is 7.16. The van der Waals surface area contributed by atoms with Crippen LogP contribution in [0.3, 0.4) is 0 Å². The Morgan fingerprint density at radius 3 is 2.73 bits per heavy atom. The summed E-state index contributed by atoms with van der Waals surface area (Å²) in [6.45, 7) is 8.28. The Morgan fingerprint density at radius 1 is 1.32 bits per heavy atom. The van der Waals surface area contributed by atoms with Crippen LogP contribution in [0, 0.1) is 0 Å². The largest absolute Gasteiger partial charge is 0.494 e. The van der Waals surface area contributed by atoms with E-state index >= 15 is 0 Å². The molecular formula is C18H30N2O2. The molecule has 4 heteroatoms. The SMILES string of the molecule is CCCCCOc1ccc(C(CO)N2CCNCC2C)cc1. The Morgan fingerprint density at radius 2 is 2.09 bits per heavy atom. The summed E-state index contributed by atoms with van der Waals surface area (Å²) < 4.78 is 5.76. The Hall–Kier alpha value is -1.10. The fourth-order valence-corrected chi connectivity index (χ4v) is 3.05. The normalized spacial score (nSPS) is 20.8. The standard InChI is InChI=1S/C18H30N2O2/c1-3-4-5-12-22-17-8-6-16(7-9-17)18(14-21)20-11-10-19-13-15(20)2/h6-9,15,18-19,21H,3-5,10-14H2,1-2H3. The number of ether oxygens (including phenoxy) is 1. The second-order valence-electron chi connectivity index (χ2n) is 6.11. The maximum absolute atomic E-state index is 9.83. The first-order chi connectivity index (χ1) is 10.8. The highest BCUT2D eigenvalue weighted by Crippen LogP contribution is 2.25. The summed E-state index contributed by atoms with van der Waals surface area (Å²) in [7, 11) is 0. The molecule has 1 aromatic carbocycles. The molecule has 1 fully saturated rings. The van der Waals surface area contributed by atoms with E-state index < -0.39 is 0 Å². The Balaban J connectivity index is 1.95. The molecule has 1 aromatic rings. The smallest absolute Gasteiger partial charge is 0.119 e. The molecule has 0 spiro atoms. The average Bonchev–Trinajstić information content (AvgIpc) is 2.55. The van der Waals surface area contributed by atoms with Crippen molar-refractivity contribution in [1.29, 1.82) is 0 Å². The molecule has 2 unspecified atom stereocenters. The molecule has 0 aromatic heterocycles. The van der Waals surface area contributed by atoms with Crippen LogP contribution >= 0.6 is 0 Å². The number of aliphatic hydroxyl groups excluding tert-OH is 1. The molecule has 22 heavy (non-hydrogen) atoms. The van der Waals surface area contributed by atoms with Gasteiger partial charge in [-0.3, -0.25) is 4.90 Å². The molecule has 1 aliphatic heterocycles. The molecule has 0 saturated carbocycles. The molecule has 0 amide bonds. The molecule has 2 atom stereocenters. The number of aliphatic hydroxyl groups is 1. The lowest BCUT2D eigenvalue weighted by Crippen LogP contribution is -2.51. The van der Waals surface area contributed by atoms with Gasteiger partial charge >= 0.3 is 0 Å². The molecule has 1 heterocycles. The first kappa shape index (κ1) is 17.3. The second-order valence-corrected chi connectivity index (χ2v) is 6.11. The maximum atomic E-state index is 9.83. The van der Waals surface area contributed by atoms with Gasteiger partial charge in [-0.2, -0.15) is 0 Å². The average molecular weight is 306 g/mol. The second kappa shape index (κ2) is 9.13. The van der Waals surface area contributed by atoms with Crippen LogP contribution in [0.25, 0.3) is 0 Å². The van der Waals surface area contributed by atoms with Crippen LogP contribution in [0.4, 0.5) is 0 Å². The third kappa shape index (κ3) is 4.70. The van der Waals surface area contributed by atoms with E-state index in [1.54, 1.807) is 0 Å². The lowest BCUT2D eigenvalue weighted by atomic mass is 10.0. The van der Waals surface area contributed by atoms with Crippen LogP contribution in [-0.2, 0) is 0 Å². The van der Waals surface area contributed by atoms with Crippen LogP contribution in [-0.4, -0.2) is 48.9 Å². The number of unbranched alkanes of at least 4 members (excludes halogenated alkanes) is 2. The van der Waals surface area contributed by atoms with Gasteiger partial charge in [0.15, 0.2) is 0 Å². The highest BCUT2D eigenvalue weighted by atomic mass is 16.5. The van der Waals surface area contributed by atoms with E-state index in [1.165, 1.54) is 12.8 Å². The fourth-order valence-electron chi connectivity index (χ4n) is 3.05. The van der Waals surface area contributed by atoms with Crippen LogP contribution in [0.5, 0.6) is 5.75 Å². The van der Waals surface area contributed by atoms with E-state index in [4.69, 9.17) is 4.74 Å². The Bertz CT molecular complexity index is 422. The summed E-state index contributed by atoms with van der Waals surface area (Å²) >= 11 is 0. The third-order valence-corrected chi connectivity index (χ3v) is 4.41. The number of nitrogens with one attached hydrogen (secondary N) is 1. The van der Waals surface area contributed by atoms with E-state index in [0.29, 0.717) is 6.04 Å². The topological polar surface area (TPSA) is 44.7 Å². The minimum atomic E-state index is 0.0752. The minimum absolute atomic E-state index is 0.0752. The number of hydrogen-bond acceptors (Lipinski definition) is 4. The maximum Gasteiger partial charge on any atom is 0.119 e. The van der Waals surface area contributed by atoms with Crippen LogP contribution in [0.1, 0.15) is 44.7 Å².